The van der Waals surface area contributed by atoms with Crippen LogP contribution in [0.5, 0.6) is 5.75 Å². The van der Waals surface area contributed by atoms with E-state index in [4.69, 9.17) is 4.74 Å². The molecule has 0 radical (unpaired) electrons. The molecule has 2 rings (SSSR count). The van der Waals surface area contributed by atoms with Gasteiger partial charge in [0.15, 0.2) is 0 Å². The Labute approximate surface area is 96.2 Å². The van der Waals surface area contributed by atoms with Gasteiger partial charge in [-0.05, 0) is 29.4 Å². The summed E-state index contributed by atoms with van der Waals surface area (Å²) < 4.78 is 5.67. The van der Waals surface area contributed by atoms with Gasteiger partial charge < -0.3 is 4.74 Å². The zero-order valence-corrected chi connectivity index (χ0v) is 10.5. The summed E-state index contributed by atoms with van der Waals surface area (Å²) >= 11 is 1.89. The van der Waals surface area contributed by atoms with Crippen molar-refractivity contribution in [3.05, 3.63) is 28.8 Å². The molecule has 0 saturated carbocycles. The Morgan fingerprint density at radius 2 is 2.20 bits per heavy atom. The van der Waals surface area contributed by atoms with Crippen molar-refractivity contribution >= 4 is 11.8 Å². The molecule has 0 saturated heterocycles. The summed E-state index contributed by atoms with van der Waals surface area (Å²) in [6, 6.07) is 4.57. The number of benzene rings is 1. The minimum absolute atomic E-state index is 0.583. The van der Waals surface area contributed by atoms with Crippen LogP contribution in [0.15, 0.2) is 12.1 Å². The van der Waals surface area contributed by atoms with Gasteiger partial charge in [0.2, 0.25) is 0 Å². The second kappa shape index (κ2) is 4.48. The molecule has 1 aliphatic rings. The summed E-state index contributed by atoms with van der Waals surface area (Å²) in [6.07, 6.45) is 3.24. The Morgan fingerprint density at radius 1 is 1.40 bits per heavy atom. The first-order valence-electron chi connectivity index (χ1n) is 5.49. The first-order valence-corrected chi connectivity index (χ1v) is 6.89. The van der Waals surface area contributed by atoms with Crippen molar-refractivity contribution in [2.45, 2.75) is 31.9 Å². The Hall–Kier alpha value is -0.630. The van der Waals surface area contributed by atoms with Crippen molar-refractivity contribution in [3.63, 3.8) is 0 Å². The fraction of sp³-hybridized carbons (Fsp3) is 0.538. The maximum absolute atomic E-state index is 5.67. The predicted octanol–water partition coefficient (Wildman–Crippen LogP) is 3.61. The molecule has 0 aliphatic carbocycles. The highest BCUT2D eigenvalue weighted by atomic mass is 32.2. The van der Waals surface area contributed by atoms with Crippen LogP contribution in [-0.2, 0) is 12.2 Å². The minimum Gasteiger partial charge on any atom is -0.493 e. The number of fused-ring (bicyclic) bond motifs is 1. The highest BCUT2D eigenvalue weighted by Gasteiger charge is 2.18. The molecule has 1 aliphatic heterocycles. The smallest absolute Gasteiger partial charge is 0.123 e. The number of thioether (sulfide) groups is 1. The summed E-state index contributed by atoms with van der Waals surface area (Å²) in [5, 5.41) is 0. The van der Waals surface area contributed by atoms with Crippen LogP contribution < -0.4 is 4.74 Å². The molecule has 1 aromatic rings. The predicted molar refractivity (Wildman–Crippen MR) is 66.9 cm³/mol. The number of hydrogen-bond donors (Lipinski definition) is 0. The third-order valence-electron chi connectivity index (χ3n) is 2.90. The maximum atomic E-state index is 5.67. The molecule has 0 spiro atoms. The molecule has 0 amide bonds. The summed E-state index contributed by atoms with van der Waals surface area (Å²) in [5.41, 5.74) is 4.31. The average Bonchev–Trinajstić information content (AvgIpc) is 2.65. The second-order valence-electron chi connectivity index (χ2n) is 4.34. The highest BCUT2D eigenvalue weighted by molar-refractivity contribution is 7.97. The minimum atomic E-state index is 0.583. The van der Waals surface area contributed by atoms with Crippen LogP contribution in [0.1, 0.15) is 36.5 Å². The van der Waals surface area contributed by atoms with E-state index in [1.165, 1.54) is 16.7 Å². The third-order valence-corrected chi connectivity index (χ3v) is 3.50. The second-order valence-corrected chi connectivity index (χ2v) is 5.21. The molecule has 1 aromatic carbocycles. The quantitative estimate of drug-likeness (QED) is 0.772. The Bertz CT molecular complexity index is 358. The monoisotopic (exact) mass is 222 g/mol. The lowest BCUT2D eigenvalue weighted by Gasteiger charge is -2.12. The molecule has 0 atom stereocenters. The van der Waals surface area contributed by atoms with Crippen LogP contribution in [0, 0.1) is 0 Å². The molecule has 15 heavy (non-hydrogen) atoms. The van der Waals surface area contributed by atoms with Crippen LogP contribution >= 0.6 is 11.8 Å². The SMILES string of the molecule is CSCc1cc(C(C)C)cc2c1CCO2. The van der Waals surface area contributed by atoms with E-state index >= 15 is 0 Å². The summed E-state index contributed by atoms with van der Waals surface area (Å²) in [7, 11) is 0. The van der Waals surface area contributed by atoms with E-state index < -0.39 is 0 Å². The Balaban J connectivity index is 2.43. The number of hydrogen-bond acceptors (Lipinski definition) is 2. The third kappa shape index (κ3) is 2.15. The van der Waals surface area contributed by atoms with Gasteiger partial charge in [-0.25, -0.2) is 0 Å². The fourth-order valence-electron chi connectivity index (χ4n) is 2.02. The van der Waals surface area contributed by atoms with Gasteiger partial charge in [-0.15, -0.1) is 0 Å². The standard InChI is InChI=1S/C13H18OS/c1-9(2)10-6-11(8-15-3)12-4-5-14-13(12)7-10/h6-7,9H,4-5,8H2,1-3H3. The molecular weight excluding hydrogens is 204 g/mol. The lowest BCUT2D eigenvalue weighted by Crippen LogP contribution is -1.94. The van der Waals surface area contributed by atoms with Gasteiger partial charge >= 0.3 is 0 Å². The van der Waals surface area contributed by atoms with Gasteiger partial charge in [0.05, 0.1) is 6.61 Å². The largest absolute Gasteiger partial charge is 0.493 e. The van der Waals surface area contributed by atoms with Gasteiger partial charge in [-0.1, -0.05) is 19.9 Å². The molecule has 0 bridgehead atoms. The fourth-order valence-corrected chi connectivity index (χ4v) is 2.59. The van der Waals surface area contributed by atoms with E-state index in [1.807, 2.05) is 11.8 Å². The topological polar surface area (TPSA) is 9.23 Å². The number of rotatable bonds is 3. The van der Waals surface area contributed by atoms with E-state index in [1.54, 1.807) is 0 Å². The van der Waals surface area contributed by atoms with Gasteiger partial charge in [-0.2, -0.15) is 11.8 Å². The summed E-state index contributed by atoms with van der Waals surface area (Å²) in [4.78, 5) is 0. The van der Waals surface area contributed by atoms with Crippen molar-refractivity contribution in [1.29, 1.82) is 0 Å². The lowest BCUT2D eigenvalue weighted by molar-refractivity contribution is 0.356. The first kappa shape index (κ1) is 10.9. The van der Waals surface area contributed by atoms with E-state index in [-0.39, 0.29) is 0 Å². The summed E-state index contributed by atoms with van der Waals surface area (Å²) in [5.74, 6) is 2.82. The van der Waals surface area contributed by atoms with Gasteiger partial charge in [-0.3, -0.25) is 0 Å². The van der Waals surface area contributed by atoms with Crippen LogP contribution in [0.25, 0.3) is 0 Å². The molecule has 2 heteroatoms. The maximum Gasteiger partial charge on any atom is 0.123 e. The number of ether oxygens (including phenoxy) is 1. The lowest BCUT2D eigenvalue weighted by atomic mass is 9.96. The van der Waals surface area contributed by atoms with Crippen molar-refractivity contribution in [2.24, 2.45) is 0 Å². The van der Waals surface area contributed by atoms with Crippen molar-refractivity contribution in [1.82, 2.24) is 0 Å². The normalized spacial score (nSPS) is 14.1. The average molecular weight is 222 g/mol. The molecule has 1 nitrogen and oxygen atoms in total. The molecule has 0 unspecified atom stereocenters. The van der Waals surface area contributed by atoms with Crippen LogP contribution in [0.4, 0.5) is 0 Å². The molecule has 0 N–H and O–H groups in total. The van der Waals surface area contributed by atoms with Gasteiger partial charge in [0.1, 0.15) is 5.75 Å². The molecule has 1 heterocycles. The zero-order valence-electron chi connectivity index (χ0n) is 9.67. The van der Waals surface area contributed by atoms with Crippen LogP contribution in [-0.4, -0.2) is 12.9 Å². The van der Waals surface area contributed by atoms with E-state index in [2.05, 4.69) is 32.2 Å². The van der Waals surface area contributed by atoms with Crippen LogP contribution in [0.3, 0.4) is 0 Å². The molecule has 82 valence electrons. The molecule has 0 fully saturated rings. The Morgan fingerprint density at radius 3 is 2.87 bits per heavy atom. The van der Waals surface area contributed by atoms with Gasteiger partial charge in [0, 0.05) is 17.7 Å². The van der Waals surface area contributed by atoms with Crippen molar-refractivity contribution < 1.29 is 4.74 Å². The Kier molecular flexibility index (Phi) is 3.25. The molecular formula is C13H18OS. The van der Waals surface area contributed by atoms with Gasteiger partial charge in [0.25, 0.3) is 0 Å². The van der Waals surface area contributed by atoms with Crippen LogP contribution in [0.2, 0.25) is 0 Å². The van der Waals surface area contributed by atoms with Crippen molar-refractivity contribution in [3.8, 4) is 5.75 Å². The highest BCUT2D eigenvalue weighted by Crippen LogP contribution is 2.34. The van der Waals surface area contributed by atoms with Crippen molar-refractivity contribution in [2.75, 3.05) is 12.9 Å². The first-order chi connectivity index (χ1) is 7.22. The molecule has 0 aromatic heterocycles. The van der Waals surface area contributed by atoms with E-state index in [0.717, 1.165) is 24.5 Å². The summed E-state index contributed by atoms with van der Waals surface area (Å²) in [6.45, 7) is 5.33. The van der Waals surface area contributed by atoms with E-state index in [0.29, 0.717) is 5.92 Å². The van der Waals surface area contributed by atoms with E-state index in [9.17, 15) is 0 Å². The zero-order chi connectivity index (χ0) is 10.8.